The molecule has 8 heteroatoms. The first-order valence-electron chi connectivity index (χ1n) is 16.0. The van der Waals surface area contributed by atoms with Crippen LogP contribution < -0.4 is 21.4 Å². The largest absolute Gasteiger partial charge is 0.368 e. The van der Waals surface area contributed by atoms with Gasteiger partial charge in [-0.05, 0) is 124 Å². The van der Waals surface area contributed by atoms with Crippen molar-refractivity contribution in [2.24, 2.45) is 28.4 Å². The van der Waals surface area contributed by atoms with Gasteiger partial charge in [0.05, 0.1) is 5.69 Å². The van der Waals surface area contributed by atoms with Gasteiger partial charge in [-0.2, -0.15) is 0 Å². The van der Waals surface area contributed by atoms with E-state index in [4.69, 9.17) is 11.5 Å². The van der Waals surface area contributed by atoms with E-state index in [0.717, 1.165) is 61.4 Å². The van der Waals surface area contributed by atoms with Crippen LogP contribution in [0.4, 0.5) is 11.5 Å². The van der Waals surface area contributed by atoms with Crippen LogP contribution >= 0.6 is 0 Å². The molecule has 2 fully saturated rings. The minimum absolute atomic E-state index is 0.382. The van der Waals surface area contributed by atoms with E-state index in [0.29, 0.717) is 17.8 Å². The highest BCUT2D eigenvalue weighted by atomic mass is 15.7. The number of hydrogen-bond donors (Lipinski definition) is 2. The SMILES string of the molecule is CN(C1CCc2ccc(N3C(N)=NN(c4cc5c(nn4)-c4ccccc4CCC5)C3N)cc2CC1)C1CC2CCC1C2. The van der Waals surface area contributed by atoms with Gasteiger partial charge in [-0.1, -0.05) is 36.8 Å². The van der Waals surface area contributed by atoms with Crippen LogP contribution in [0.1, 0.15) is 67.2 Å². The molecular weight excluding hydrogens is 520 g/mol. The number of rotatable bonds is 4. The van der Waals surface area contributed by atoms with Crippen molar-refractivity contribution < 1.29 is 0 Å². The molecule has 218 valence electrons. The third-order valence-electron chi connectivity index (χ3n) is 11.0. The maximum absolute atomic E-state index is 6.81. The smallest absolute Gasteiger partial charge is 0.221 e. The molecule has 8 rings (SSSR count). The molecule has 1 aromatic heterocycles. The maximum Gasteiger partial charge on any atom is 0.221 e. The van der Waals surface area contributed by atoms with Crippen molar-refractivity contribution in [2.45, 2.75) is 89.0 Å². The molecule has 8 nitrogen and oxygen atoms in total. The molecule has 2 heterocycles. The van der Waals surface area contributed by atoms with E-state index in [1.165, 1.54) is 66.3 Å². The molecule has 4 aliphatic carbocycles. The summed E-state index contributed by atoms with van der Waals surface area (Å²) < 4.78 is 0. The topological polar surface area (TPSA) is 99.9 Å². The number of hydrazone groups is 1. The number of hydrogen-bond acceptors (Lipinski definition) is 8. The number of fused-ring (bicyclic) bond motifs is 6. The van der Waals surface area contributed by atoms with Crippen molar-refractivity contribution in [3.05, 3.63) is 70.8 Å². The second-order valence-corrected chi connectivity index (χ2v) is 13.3. The fourth-order valence-corrected chi connectivity index (χ4v) is 8.74. The second-order valence-electron chi connectivity index (χ2n) is 13.3. The van der Waals surface area contributed by atoms with Gasteiger partial charge in [0, 0.05) is 23.3 Å². The molecule has 0 saturated heterocycles. The number of nitrogens with zero attached hydrogens (tertiary/aromatic N) is 6. The number of aryl methyl sites for hydroxylation is 4. The van der Waals surface area contributed by atoms with Gasteiger partial charge in [-0.25, -0.2) is 5.01 Å². The van der Waals surface area contributed by atoms with Crippen LogP contribution in [0.15, 0.2) is 53.6 Å². The van der Waals surface area contributed by atoms with Crippen molar-refractivity contribution in [1.82, 2.24) is 15.1 Å². The second kappa shape index (κ2) is 10.3. The van der Waals surface area contributed by atoms with Crippen molar-refractivity contribution in [3.8, 4) is 11.3 Å². The van der Waals surface area contributed by atoms with Crippen molar-refractivity contribution in [3.63, 3.8) is 0 Å². The first kappa shape index (κ1) is 26.2. The molecule has 4 N–H and O–H groups in total. The highest BCUT2D eigenvalue weighted by Crippen LogP contribution is 2.47. The fraction of sp³-hybridized carbons (Fsp3) is 0.500. The molecule has 2 aromatic carbocycles. The van der Waals surface area contributed by atoms with Crippen LogP contribution in [0, 0.1) is 11.8 Å². The zero-order valence-electron chi connectivity index (χ0n) is 24.6. The Bertz CT molecular complexity index is 1530. The van der Waals surface area contributed by atoms with E-state index in [9.17, 15) is 0 Å². The van der Waals surface area contributed by atoms with E-state index in [2.05, 4.69) is 75.8 Å². The summed E-state index contributed by atoms with van der Waals surface area (Å²) in [5.74, 6) is 2.93. The van der Waals surface area contributed by atoms with E-state index in [-0.39, 0.29) is 0 Å². The normalized spacial score (nSPS) is 28.3. The molecule has 0 radical (unpaired) electrons. The first-order valence-corrected chi connectivity index (χ1v) is 16.0. The number of guanidine groups is 1. The van der Waals surface area contributed by atoms with E-state index < -0.39 is 6.29 Å². The Morgan fingerprint density at radius 2 is 1.67 bits per heavy atom. The Morgan fingerprint density at radius 3 is 2.50 bits per heavy atom. The molecule has 3 aromatic rings. The molecule has 5 aliphatic rings. The lowest BCUT2D eigenvalue weighted by atomic mass is 9.92. The van der Waals surface area contributed by atoms with Gasteiger partial charge in [0.25, 0.3) is 0 Å². The lowest BCUT2D eigenvalue weighted by Gasteiger charge is -2.37. The van der Waals surface area contributed by atoms with Crippen LogP contribution in [0.25, 0.3) is 11.3 Å². The van der Waals surface area contributed by atoms with Crippen LogP contribution in [0.3, 0.4) is 0 Å². The summed E-state index contributed by atoms with van der Waals surface area (Å²) in [6.45, 7) is 0. The quantitative estimate of drug-likeness (QED) is 0.441. The highest BCUT2D eigenvalue weighted by Gasteiger charge is 2.43. The summed E-state index contributed by atoms with van der Waals surface area (Å²) in [4.78, 5) is 4.68. The Hall–Kier alpha value is -3.49. The minimum Gasteiger partial charge on any atom is -0.368 e. The summed E-state index contributed by atoms with van der Waals surface area (Å²) in [5.41, 5.74) is 21.8. The molecule has 2 saturated carbocycles. The predicted molar refractivity (Wildman–Crippen MR) is 168 cm³/mol. The monoisotopic (exact) mass is 562 g/mol. The Kier molecular flexibility index (Phi) is 6.45. The maximum atomic E-state index is 6.81. The minimum atomic E-state index is -0.587. The van der Waals surface area contributed by atoms with Crippen LogP contribution in [0.5, 0.6) is 0 Å². The molecular formula is C34H42N8. The zero-order chi connectivity index (χ0) is 28.4. The lowest BCUT2D eigenvalue weighted by Crippen LogP contribution is -2.51. The Balaban J connectivity index is 1.00. The van der Waals surface area contributed by atoms with Gasteiger partial charge in [0.1, 0.15) is 0 Å². The Labute approximate surface area is 248 Å². The number of anilines is 2. The summed E-state index contributed by atoms with van der Waals surface area (Å²) in [6.07, 6.45) is 12.9. The van der Waals surface area contributed by atoms with Crippen molar-refractivity contribution >= 4 is 17.5 Å². The zero-order valence-corrected chi connectivity index (χ0v) is 24.6. The summed E-state index contributed by atoms with van der Waals surface area (Å²) in [7, 11) is 2.40. The van der Waals surface area contributed by atoms with E-state index >= 15 is 0 Å². The number of nitrogens with two attached hydrogens (primary N) is 2. The highest BCUT2D eigenvalue weighted by molar-refractivity contribution is 5.98. The van der Waals surface area contributed by atoms with Gasteiger partial charge in [0.15, 0.2) is 12.1 Å². The van der Waals surface area contributed by atoms with E-state index in [1.54, 1.807) is 5.01 Å². The van der Waals surface area contributed by atoms with Gasteiger partial charge in [0.2, 0.25) is 5.96 Å². The first-order chi connectivity index (χ1) is 20.5. The van der Waals surface area contributed by atoms with Gasteiger partial charge < -0.3 is 10.6 Å². The molecule has 42 heavy (non-hydrogen) atoms. The summed E-state index contributed by atoms with van der Waals surface area (Å²) in [5, 5.41) is 15.6. The van der Waals surface area contributed by atoms with Crippen LogP contribution in [-0.2, 0) is 25.7 Å². The number of aromatic nitrogens is 2. The molecule has 1 aliphatic heterocycles. The molecule has 5 unspecified atom stereocenters. The molecule has 0 spiro atoms. The third kappa shape index (κ3) is 4.38. The lowest BCUT2D eigenvalue weighted by molar-refractivity contribution is 0.115. The van der Waals surface area contributed by atoms with Gasteiger partial charge in [-0.15, -0.1) is 15.3 Å². The molecule has 0 amide bonds. The number of benzene rings is 2. The standard InChI is InChI=1S/C34H42N8/c1-40(30-18-21-9-10-25(30)17-21)27-14-11-22-12-16-28(19-24(22)13-15-27)41-33(35)39-42(34(41)36)31-20-26-7-4-6-23-5-2-3-8-29(23)32(26)38-37-31/h2-3,5,8,12,16,19-21,25,27,30,34H,4,6-7,9-11,13-15,17-18,36H2,1H3,(H2,35,39). The summed E-state index contributed by atoms with van der Waals surface area (Å²) >= 11 is 0. The molecule has 5 atom stereocenters. The van der Waals surface area contributed by atoms with Gasteiger partial charge in [-0.3, -0.25) is 10.6 Å². The van der Waals surface area contributed by atoms with Crippen LogP contribution in [0.2, 0.25) is 0 Å². The van der Waals surface area contributed by atoms with E-state index in [1.807, 2.05) is 4.90 Å². The summed E-state index contributed by atoms with van der Waals surface area (Å²) in [6, 6.07) is 18.8. The van der Waals surface area contributed by atoms with Gasteiger partial charge >= 0.3 is 0 Å². The fourth-order valence-electron chi connectivity index (χ4n) is 8.74. The third-order valence-corrected chi connectivity index (χ3v) is 11.0. The molecule has 2 bridgehead atoms. The predicted octanol–water partition coefficient (Wildman–Crippen LogP) is 4.80. The Morgan fingerprint density at radius 1 is 0.833 bits per heavy atom. The van der Waals surface area contributed by atoms with Crippen LogP contribution in [-0.4, -0.2) is 46.5 Å². The van der Waals surface area contributed by atoms with Crippen molar-refractivity contribution in [2.75, 3.05) is 17.0 Å². The average Bonchev–Trinajstić information content (AvgIpc) is 3.63. The average molecular weight is 563 g/mol. The van der Waals surface area contributed by atoms with Crippen molar-refractivity contribution in [1.29, 1.82) is 0 Å².